The first-order valence-corrected chi connectivity index (χ1v) is 8.90. The predicted molar refractivity (Wildman–Crippen MR) is 93.5 cm³/mol. The monoisotopic (exact) mass is 448 g/mol. The fourth-order valence-electron chi connectivity index (χ4n) is 1.76. The Morgan fingerprint density at radius 1 is 1.36 bits per heavy atom. The zero-order valence-corrected chi connectivity index (χ0v) is 15.9. The number of halogens is 2. The van der Waals surface area contributed by atoms with E-state index in [0.29, 0.717) is 22.8 Å². The maximum absolute atomic E-state index is 12.3. The number of amides is 2. The van der Waals surface area contributed by atoms with E-state index in [4.69, 9.17) is 0 Å². The molecular weight excluding hydrogens is 436 g/mol. The summed E-state index contributed by atoms with van der Waals surface area (Å²) in [6, 6.07) is 1.72. The molecule has 0 saturated carbocycles. The number of carbonyl (C=O) groups is 2. The van der Waals surface area contributed by atoms with Crippen molar-refractivity contribution in [2.24, 2.45) is 7.05 Å². The van der Waals surface area contributed by atoms with Gasteiger partial charge in [-0.25, -0.2) is 0 Å². The fraction of sp³-hybridized carbons (Fsp3) is 0.308. The Balaban J connectivity index is 2.19. The van der Waals surface area contributed by atoms with Gasteiger partial charge in [-0.05, 0) is 44.3 Å². The van der Waals surface area contributed by atoms with Crippen molar-refractivity contribution in [3.8, 4) is 0 Å². The second-order valence-corrected chi connectivity index (χ2v) is 7.70. The fourth-order valence-corrected chi connectivity index (χ4v) is 3.69. The quantitative estimate of drug-likeness (QED) is 0.734. The SMILES string of the molecule is CCCNC(=O)c1c(NC(=O)c2cc(Br)c(Br)s2)cnn1C. The number of rotatable bonds is 5. The van der Waals surface area contributed by atoms with Crippen LogP contribution in [0.25, 0.3) is 0 Å². The highest BCUT2D eigenvalue weighted by molar-refractivity contribution is 9.13. The molecule has 6 nitrogen and oxygen atoms in total. The van der Waals surface area contributed by atoms with Crippen LogP contribution in [-0.4, -0.2) is 28.1 Å². The zero-order valence-electron chi connectivity index (χ0n) is 11.9. The highest BCUT2D eigenvalue weighted by atomic mass is 79.9. The van der Waals surface area contributed by atoms with E-state index in [0.717, 1.165) is 14.7 Å². The van der Waals surface area contributed by atoms with Crippen LogP contribution >= 0.6 is 43.2 Å². The van der Waals surface area contributed by atoms with Gasteiger partial charge in [0, 0.05) is 18.1 Å². The van der Waals surface area contributed by atoms with Gasteiger partial charge in [-0.2, -0.15) is 5.10 Å². The summed E-state index contributed by atoms with van der Waals surface area (Å²) in [6.07, 6.45) is 2.30. The Labute approximate surface area is 148 Å². The Morgan fingerprint density at radius 2 is 2.09 bits per heavy atom. The van der Waals surface area contributed by atoms with Crippen molar-refractivity contribution in [2.75, 3.05) is 11.9 Å². The Bertz CT molecular complexity index is 691. The second-order valence-electron chi connectivity index (χ2n) is 4.47. The number of nitrogens with zero attached hydrogens (tertiary/aromatic N) is 2. The van der Waals surface area contributed by atoms with Gasteiger partial charge in [0.25, 0.3) is 11.8 Å². The van der Waals surface area contributed by atoms with Crippen molar-refractivity contribution in [1.82, 2.24) is 15.1 Å². The molecule has 0 radical (unpaired) electrons. The lowest BCUT2D eigenvalue weighted by atomic mass is 10.3. The first-order valence-electron chi connectivity index (χ1n) is 6.50. The van der Waals surface area contributed by atoms with E-state index in [-0.39, 0.29) is 11.8 Å². The number of aromatic nitrogens is 2. The number of aryl methyl sites for hydroxylation is 1. The largest absolute Gasteiger partial charge is 0.351 e. The molecule has 0 atom stereocenters. The summed E-state index contributed by atoms with van der Waals surface area (Å²) in [6.45, 7) is 2.54. The van der Waals surface area contributed by atoms with Crippen LogP contribution in [-0.2, 0) is 7.05 Å². The van der Waals surface area contributed by atoms with Crippen LogP contribution in [0.4, 0.5) is 5.69 Å². The Kier molecular flexibility index (Phi) is 5.76. The average Bonchev–Trinajstić information content (AvgIpc) is 3.00. The van der Waals surface area contributed by atoms with Gasteiger partial charge in [0.15, 0.2) is 0 Å². The van der Waals surface area contributed by atoms with Gasteiger partial charge in [-0.1, -0.05) is 6.92 Å². The smallest absolute Gasteiger partial charge is 0.271 e. The summed E-state index contributed by atoms with van der Waals surface area (Å²) < 4.78 is 3.10. The molecule has 0 spiro atoms. The number of hydrogen-bond acceptors (Lipinski definition) is 4. The first kappa shape index (κ1) is 17.2. The van der Waals surface area contributed by atoms with Gasteiger partial charge in [-0.3, -0.25) is 14.3 Å². The average molecular weight is 450 g/mol. The van der Waals surface area contributed by atoms with Gasteiger partial charge in [0.1, 0.15) is 5.69 Å². The molecule has 22 heavy (non-hydrogen) atoms. The van der Waals surface area contributed by atoms with Crippen LogP contribution in [0.15, 0.2) is 20.5 Å². The third-order valence-electron chi connectivity index (χ3n) is 2.81. The highest BCUT2D eigenvalue weighted by Crippen LogP contribution is 2.32. The van der Waals surface area contributed by atoms with Gasteiger partial charge < -0.3 is 10.6 Å². The molecule has 0 aliphatic heterocycles. The van der Waals surface area contributed by atoms with Crippen LogP contribution in [0.1, 0.15) is 33.5 Å². The summed E-state index contributed by atoms with van der Waals surface area (Å²) in [5.41, 5.74) is 0.721. The number of nitrogens with one attached hydrogen (secondary N) is 2. The van der Waals surface area contributed by atoms with Crippen LogP contribution < -0.4 is 10.6 Å². The number of anilines is 1. The molecule has 2 aromatic rings. The number of thiophene rings is 1. The normalized spacial score (nSPS) is 10.5. The van der Waals surface area contributed by atoms with E-state index in [1.54, 1.807) is 13.1 Å². The molecule has 2 rings (SSSR count). The minimum absolute atomic E-state index is 0.259. The maximum atomic E-state index is 12.3. The molecule has 2 heterocycles. The summed E-state index contributed by atoms with van der Waals surface area (Å²) in [4.78, 5) is 24.9. The lowest BCUT2D eigenvalue weighted by Gasteiger charge is -2.07. The molecule has 2 amide bonds. The van der Waals surface area contributed by atoms with Crippen molar-refractivity contribution in [3.63, 3.8) is 0 Å². The molecule has 2 N–H and O–H groups in total. The Hall–Kier alpha value is -1.19. The second kappa shape index (κ2) is 7.38. The van der Waals surface area contributed by atoms with E-state index in [2.05, 4.69) is 47.6 Å². The third-order valence-corrected chi connectivity index (χ3v) is 6.06. The topological polar surface area (TPSA) is 76.0 Å². The van der Waals surface area contributed by atoms with Crippen molar-refractivity contribution in [1.29, 1.82) is 0 Å². The minimum atomic E-state index is -0.283. The van der Waals surface area contributed by atoms with Gasteiger partial charge in [0.05, 0.1) is 20.5 Å². The molecule has 0 unspecified atom stereocenters. The van der Waals surface area contributed by atoms with E-state index in [1.165, 1.54) is 22.2 Å². The lowest BCUT2D eigenvalue weighted by Crippen LogP contribution is -2.27. The van der Waals surface area contributed by atoms with Crippen molar-refractivity contribution in [3.05, 3.63) is 31.1 Å². The number of carbonyl (C=O) groups excluding carboxylic acids is 2. The van der Waals surface area contributed by atoms with Crippen LogP contribution in [0, 0.1) is 0 Å². The standard InChI is InChI=1S/C13H14Br2N4O2S/c1-3-4-16-13(21)10-8(6-17-19(10)2)18-12(20)9-5-7(14)11(15)22-9/h5-6H,3-4H2,1-2H3,(H,16,21)(H,18,20). The van der Waals surface area contributed by atoms with Crippen molar-refractivity contribution in [2.45, 2.75) is 13.3 Å². The van der Waals surface area contributed by atoms with E-state index >= 15 is 0 Å². The molecule has 9 heteroatoms. The molecular formula is C13H14Br2N4O2S. The molecule has 0 fully saturated rings. The predicted octanol–water partition coefficient (Wildman–Crippen LogP) is 3.40. The van der Waals surface area contributed by atoms with Crippen LogP contribution in [0.5, 0.6) is 0 Å². The molecule has 0 bridgehead atoms. The van der Waals surface area contributed by atoms with Crippen molar-refractivity contribution >= 4 is 60.7 Å². The molecule has 118 valence electrons. The molecule has 0 aromatic carbocycles. The molecule has 0 aliphatic rings. The van der Waals surface area contributed by atoms with E-state index in [1.807, 2.05) is 6.92 Å². The summed E-state index contributed by atoms with van der Waals surface area (Å²) in [5.74, 6) is -0.542. The Morgan fingerprint density at radius 3 is 2.68 bits per heavy atom. The first-order chi connectivity index (χ1) is 10.4. The number of hydrogen-bond donors (Lipinski definition) is 2. The van der Waals surface area contributed by atoms with Crippen LogP contribution in [0.3, 0.4) is 0 Å². The summed E-state index contributed by atoms with van der Waals surface area (Å²) in [5, 5.41) is 9.55. The van der Waals surface area contributed by atoms with Gasteiger partial charge >= 0.3 is 0 Å². The maximum Gasteiger partial charge on any atom is 0.271 e. The third kappa shape index (κ3) is 3.76. The highest BCUT2D eigenvalue weighted by Gasteiger charge is 2.20. The molecule has 0 aliphatic carbocycles. The van der Waals surface area contributed by atoms with Crippen LogP contribution in [0.2, 0.25) is 0 Å². The van der Waals surface area contributed by atoms with Gasteiger partial charge in [0.2, 0.25) is 0 Å². The summed E-state index contributed by atoms with van der Waals surface area (Å²) >= 11 is 8.00. The lowest BCUT2D eigenvalue weighted by molar-refractivity contribution is 0.0945. The van der Waals surface area contributed by atoms with E-state index < -0.39 is 0 Å². The van der Waals surface area contributed by atoms with Crippen molar-refractivity contribution < 1.29 is 9.59 Å². The molecule has 0 saturated heterocycles. The summed E-state index contributed by atoms with van der Waals surface area (Å²) in [7, 11) is 1.66. The minimum Gasteiger partial charge on any atom is -0.351 e. The van der Waals surface area contributed by atoms with E-state index in [9.17, 15) is 9.59 Å². The molecule has 2 aromatic heterocycles. The van der Waals surface area contributed by atoms with Gasteiger partial charge in [-0.15, -0.1) is 11.3 Å². The zero-order chi connectivity index (χ0) is 16.3.